The third kappa shape index (κ3) is 3.36. The van der Waals surface area contributed by atoms with Crippen LogP contribution in [0.2, 0.25) is 0 Å². The molecule has 1 N–H and O–H groups in total. The Morgan fingerprint density at radius 2 is 1.96 bits per heavy atom. The Morgan fingerprint density at radius 3 is 2.62 bits per heavy atom. The maximum absolute atomic E-state index is 12.4. The highest BCUT2D eigenvalue weighted by Gasteiger charge is 2.12. The second-order valence-corrected chi connectivity index (χ2v) is 6.12. The topological polar surface area (TPSA) is 70.7 Å². The van der Waals surface area contributed by atoms with Gasteiger partial charge in [0.25, 0.3) is 5.91 Å². The van der Waals surface area contributed by atoms with Crippen LogP contribution in [0.25, 0.3) is 5.69 Å². The number of rotatable bonds is 3. The molecule has 118 valence electrons. The number of amides is 1. The van der Waals surface area contributed by atoms with Gasteiger partial charge in [-0.2, -0.15) is 10.4 Å². The fourth-order valence-corrected chi connectivity index (χ4v) is 2.66. The molecule has 0 spiro atoms. The van der Waals surface area contributed by atoms with E-state index in [0.29, 0.717) is 16.9 Å². The van der Waals surface area contributed by atoms with Crippen molar-refractivity contribution < 1.29 is 4.79 Å². The molecule has 0 bridgehead atoms. The van der Waals surface area contributed by atoms with Gasteiger partial charge in [-0.1, -0.05) is 22.0 Å². The Kier molecular flexibility index (Phi) is 4.45. The molecule has 0 unspecified atom stereocenters. The van der Waals surface area contributed by atoms with E-state index in [1.165, 1.54) is 0 Å². The number of carbonyl (C=O) groups is 1. The summed E-state index contributed by atoms with van der Waals surface area (Å²) in [6.45, 7) is 1.87. The summed E-state index contributed by atoms with van der Waals surface area (Å²) in [6.07, 6.45) is 0. The number of hydrogen-bond acceptors (Lipinski definition) is 3. The molecule has 0 saturated carbocycles. The van der Waals surface area contributed by atoms with E-state index in [0.717, 1.165) is 15.9 Å². The minimum absolute atomic E-state index is 0.254. The number of benzene rings is 2. The number of anilines is 1. The minimum Gasteiger partial charge on any atom is -0.306 e. The molecule has 1 amide bonds. The van der Waals surface area contributed by atoms with Crippen LogP contribution in [0.1, 0.15) is 21.6 Å². The summed E-state index contributed by atoms with van der Waals surface area (Å²) in [5.74, 6) is 0.329. The molecule has 24 heavy (non-hydrogen) atoms. The lowest BCUT2D eigenvalue weighted by Crippen LogP contribution is -2.15. The van der Waals surface area contributed by atoms with Gasteiger partial charge in [0.2, 0.25) is 0 Å². The summed E-state index contributed by atoms with van der Waals surface area (Å²) >= 11 is 3.44. The zero-order valence-corrected chi connectivity index (χ0v) is 14.4. The highest BCUT2D eigenvalue weighted by atomic mass is 79.9. The summed E-state index contributed by atoms with van der Waals surface area (Å²) in [5, 5.41) is 16.1. The largest absolute Gasteiger partial charge is 0.306 e. The van der Waals surface area contributed by atoms with E-state index < -0.39 is 0 Å². The summed E-state index contributed by atoms with van der Waals surface area (Å²) < 4.78 is 2.61. The molecule has 0 radical (unpaired) electrons. The van der Waals surface area contributed by atoms with Crippen molar-refractivity contribution >= 4 is 27.7 Å². The van der Waals surface area contributed by atoms with Gasteiger partial charge < -0.3 is 5.32 Å². The molecule has 0 atom stereocenters. The van der Waals surface area contributed by atoms with Crippen molar-refractivity contribution in [2.24, 2.45) is 0 Å². The van der Waals surface area contributed by atoms with Gasteiger partial charge >= 0.3 is 0 Å². The van der Waals surface area contributed by atoms with Crippen LogP contribution < -0.4 is 5.32 Å². The maximum atomic E-state index is 12.4. The zero-order chi connectivity index (χ0) is 17.1. The molecule has 0 aliphatic heterocycles. The van der Waals surface area contributed by atoms with E-state index in [2.05, 4.69) is 26.3 Å². The van der Waals surface area contributed by atoms with Crippen LogP contribution in [0.15, 0.2) is 59.1 Å². The summed E-state index contributed by atoms with van der Waals surface area (Å²) in [4.78, 5) is 12.4. The van der Waals surface area contributed by atoms with Crippen LogP contribution in [-0.2, 0) is 0 Å². The number of aryl methyl sites for hydroxylation is 1. The number of carbonyl (C=O) groups excluding carboxylic acids is 1. The third-order valence-corrected chi connectivity index (χ3v) is 3.90. The fraction of sp³-hybridized carbons (Fsp3) is 0.0556. The normalized spacial score (nSPS) is 10.2. The number of halogens is 1. The van der Waals surface area contributed by atoms with Crippen molar-refractivity contribution in [1.29, 1.82) is 5.26 Å². The van der Waals surface area contributed by atoms with Crippen molar-refractivity contribution in [1.82, 2.24) is 9.78 Å². The van der Waals surface area contributed by atoms with E-state index in [-0.39, 0.29) is 5.91 Å². The fourth-order valence-electron chi connectivity index (χ4n) is 2.28. The first-order chi connectivity index (χ1) is 11.6. The number of aromatic nitrogens is 2. The average Bonchev–Trinajstić information content (AvgIpc) is 2.95. The van der Waals surface area contributed by atoms with E-state index in [1.807, 2.05) is 43.3 Å². The molecule has 0 aliphatic rings. The van der Waals surface area contributed by atoms with Crippen molar-refractivity contribution in [3.05, 3.63) is 75.9 Å². The molecular formula is C18H13BrN4O. The SMILES string of the molecule is Cc1cc(NC(=O)c2ccc(C#N)cc2)n(-c2cccc(Br)c2)n1. The lowest BCUT2D eigenvalue weighted by atomic mass is 10.1. The maximum Gasteiger partial charge on any atom is 0.256 e. The van der Waals surface area contributed by atoms with E-state index in [4.69, 9.17) is 5.26 Å². The van der Waals surface area contributed by atoms with Gasteiger partial charge in [-0.3, -0.25) is 4.79 Å². The van der Waals surface area contributed by atoms with Gasteiger partial charge in [0.1, 0.15) is 5.82 Å². The van der Waals surface area contributed by atoms with Gasteiger partial charge in [0, 0.05) is 16.1 Å². The van der Waals surface area contributed by atoms with Crippen LogP contribution in [0.5, 0.6) is 0 Å². The van der Waals surface area contributed by atoms with E-state index >= 15 is 0 Å². The van der Waals surface area contributed by atoms with Crippen molar-refractivity contribution in [3.63, 3.8) is 0 Å². The zero-order valence-electron chi connectivity index (χ0n) is 12.8. The van der Waals surface area contributed by atoms with Crippen LogP contribution in [0, 0.1) is 18.3 Å². The van der Waals surface area contributed by atoms with Crippen LogP contribution in [-0.4, -0.2) is 15.7 Å². The highest BCUT2D eigenvalue weighted by Crippen LogP contribution is 2.21. The smallest absolute Gasteiger partial charge is 0.256 e. The average molecular weight is 381 g/mol. The Labute approximate surface area is 147 Å². The predicted octanol–water partition coefficient (Wildman–Crippen LogP) is 4.07. The molecule has 6 heteroatoms. The quantitative estimate of drug-likeness (QED) is 0.744. The molecule has 1 heterocycles. The van der Waals surface area contributed by atoms with Crippen molar-refractivity contribution in [3.8, 4) is 11.8 Å². The molecule has 0 aliphatic carbocycles. The minimum atomic E-state index is -0.254. The Hall–Kier alpha value is -2.91. The third-order valence-electron chi connectivity index (χ3n) is 3.40. The molecule has 3 aromatic rings. The molecule has 0 fully saturated rings. The first-order valence-electron chi connectivity index (χ1n) is 7.21. The molecule has 5 nitrogen and oxygen atoms in total. The van der Waals surface area contributed by atoms with Gasteiger partial charge in [0.15, 0.2) is 0 Å². The van der Waals surface area contributed by atoms with E-state index in [9.17, 15) is 4.79 Å². The van der Waals surface area contributed by atoms with E-state index in [1.54, 1.807) is 28.9 Å². The Morgan fingerprint density at radius 1 is 1.21 bits per heavy atom. The highest BCUT2D eigenvalue weighted by molar-refractivity contribution is 9.10. The first kappa shape index (κ1) is 16.0. The standard InChI is InChI=1S/C18H13BrN4O/c1-12-9-17(23(22-12)16-4-2-3-15(19)10-16)21-18(24)14-7-5-13(11-20)6-8-14/h2-10H,1H3,(H,21,24). The molecule has 2 aromatic carbocycles. The number of hydrogen-bond donors (Lipinski definition) is 1. The number of nitrogens with one attached hydrogen (secondary N) is 1. The van der Waals surface area contributed by atoms with Crippen LogP contribution in [0.3, 0.4) is 0 Å². The molecule has 1 aromatic heterocycles. The second-order valence-electron chi connectivity index (χ2n) is 5.21. The second kappa shape index (κ2) is 6.69. The van der Waals surface area contributed by atoms with Gasteiger partial charge in [-0.25, -0.2) is 4.68 Å². The summed E-state index contributed by atoms with van der Waals surface area (Å²) in [7, 11) is 0. The first-order valence-corrected chi connectivity index (χ1v) is 8.00. The van der Waals surface area contributed by atoms with Crippen LogP contribution in [0.4, 0.5) is 5.82 Å². The molecule has 3 rings (SSSR count). The summed E-state index contributed by atoms with van der Waals surface area (Å²) in [5.41, 5.74) is 2.63. The monoisotopic (exact) mass is 380 g/mol. The number of nitrogens with zero attached hydrogens (tertiary/aromatic N) is 3. The molecular weight excluding hydrogens is 368 g/mol. The van der Waals surface area contributed by atoms with Crippen LogP contribution >= 0.6 is 15.9 Å². The Balaban J connectivity index is 1.90. The lowest BCUT2D eigenvalue weighted by molar-refractivity contribution is 0.102. The van der Waals surface area contributed by atoms with Gasteiger partial charge in [0.05, 0.1) is 23.0 Å². The Bertz CT molecular complexity index is 938. The number of nitriles is 1. The summed E-state index contributed by atoms with van der Waals surface area (Å²) in [6, 6.07) is 18.0. The predicted molar refractivity (Wildman–Crippen MR) is 95.1 cm³/mol. The van der Waals surface area contributed by atoms with Crippen molar-refractivity contribution in [2.75, 3.05) is 5.32 Å². The van der Waals surface area contributed by atoms with Gasteiger partial charge in [-0.15, -0.1) is 0 Å². The van der Waals surface area contributed by atoms with Gasteiger partial charge in [-0.05, 0) is 49.4 Å². The van der Waals surface area contributed by atoms with Crippen molar-refractivity contribution in [2.45, 2.75) is 6.92 Å². The molecule has 0 saturated heterocycles. The lowest BCUT2D eigenvalue weighted by Gasteiger charge is -2.09.